The predicted molar refractivity (Wildman–Crippen MR) is 94.0 cm³/mol. The molecule has 0 aromatic heterocycles. The van der Waals surface area contributed by atoms with Crippen LogP contribution in [0.4, 0.5) is 0 Å². The van der Waals surface area contributed by atoms with Crippen molar-refractivity contribution in [2.45, 2.75) is 37.8 Å². The van der Waals surface area contributed by atoms with Crippen LogP contribution in [0.1, 0.15) is 37.4 Å². The third-order valence-corrected chi connectivity index (χ3v) is 5.12. The molecule has 2 fully saturated rings. The summed E-state index contributed by atoms with van der Waals surface area (Å²) in [5.74, 6) is 0.443. The van der Waals surface area contributed by atoms with Crippen LogP contribution in [0.15, 0.2) is 24.3 Å². The molecule has 2 N–H and O–H groups in total. The number of carbonyl (C=O) groups is 1. The average Bonchev–Trinajstić information content (AvgIpc) is 3.09. The molecule has 0 spiro atoms. The summed E-state index contributed by atoms with van der Waals surface area (Å²) in [6.45, 7) is 2.43. The van der Waals surface area contributed by atoms with Gasteiger partial charge in [-0.1, -0.05) is 23.7 Å². The van der Waals surface area contributed by atoms with Gasteiger partial charge in [0.2, 0.25) is 5.91 Å². The Kier molecular flexibility index (Phi) is 6.72. The lowest BCUT2D eigenvalue weighted by atomic mass is 9.87. The van der Waals surface area contributed by atoms with Crippen LogP contribution in [-0.2, 0) is 4.79 Å². The van der Waals surface area contributed by atoms with Crippen LogP contribution in [0.2, 0.25) is 5.02 Å². The van der Waals surface area contributed by atoms with E-state index in [1.165, 1.54) is 0 Å². The maximum Gasteiger partial charge on any atom is 0.239 e. The summed E-state index contributed by atoms with van der Waals surface area (Å²) in [6.07, 6.45) is 3.26. The summed E-state index contributed by atoms with van der Waals surface area (Å²) in [5, 5.41) is 14.5. The van der Waals surface area contributed by atoms with Crippen LogP contribution in [0.5, 0.6) is 0 Å². The number of aliphatic hydroxyl groups is 1. The Bertz CT molecular complexity index is 510. The third kappa shape index (κ3) is 4.38. The molecule has 1 aromatic rings. The normalized spacial score (nSPS) is 23.4. The molecular weight excluding hydrogens is 335 g/mol. The molecule has 0 bridgehead atoms. The zero-order chi connectivity index (χ0) is 15.5. The number of halogens is 2. The molecule has 0 saturated carbocycles. The molecule has 128 valence electrons. The molecule has 4 nitrogen and oxygen atoms in total. The van der Waals surface area contributed by atoms with Crippen LogP contribution in [-0.4, -0.2) is 41.6 Å². The minimum atomic E-state index is -0.473. The minimum Gasteiger partial charge on any atom is -0.388 e. The second-order valence-electron chi connectivity index (χ2n) is 6.31. The van der Waals surface area contributed by atoms with Crippen LogP contribution >= 0.6 is 24.0 Å². The van der Waals surface area contributed by atoms with Crippen molar-refractivity contribution in [2.75, 3.05) is 19.6 Å². The summed E-state index contributed by atoms with van der Waals surface area (Å²) >= 11 is 5.89. The first-order valence-electron chi connectivity index (χ1n) is 8.11. The Hall–Kier alpha value is -0.810. The summed E-state index contributed by atoms with van der Waals surface area (Å²) < 4.78 is 0. The van der Waals surface area contributed by atoms with E-state index in [-0.39, 0.29) is 30.3 Å². The predicted octanol–water partition coefficient (Wildman–Crippen LogP) is 2.79. The van der Waals surface area contributed by atoms with Crippen molar-refractivity contribution in [3.63, 3.8) is 0 Å². The van der Waals surface area contributed by atoms with E-state index < -0.39 is 6.10 Å². The largest absolute Gasteiger partial charge is 0.388 e. The van der Waals surface area contributed by atoms with Gasteiger partial charge >= 0.3 is 0 Å². The van der Waals surface area contributed by atoms with Crippen molar-refractivity contribution < 1.29 is 9.90 Å². The van der Waals surface area contributed by atoms with Crippen molar-refractivity contribution in [3.05, 3.63) is 34.9 Å². The molecule has 3 rings (SSSR count). The average molecular weight is 359 g/mol. The van der Waals surface area contributed by atoms with Gasteiger partial charge in [0.15, 0.2) is 0 Å². The number of nitrogens with one attached hydrogen (secondary N) is 1. The lowest BCUT2D eigenvalue weighted by Gasteiger charge is -2.35. The van der Waals surface area contributed by atoms with E-state index in [0.717, 1.165) is 50.9 Å². The molecule has 1 unspecified atom stereocenters. The fourth-order valence-electron chi connectivity index (χ4n) is 3.48. The number of benzene rings is 1. The second-order valence-corrected chi connectivity index (χ2v) is 6.74. The number of amides is 1. The SMILES string of the molecule is Cl.O=C([C@@H]1CCCN1)N1CCC(C(O)c2ccc(Cl)cc2)CC1. The molecule has 0 aliphatic carbocycles. The molecule has 6 heteroatoms. The van der Waals surface area contributed by atoms with E-state index in [0.29, 0.717) is 5.02 Å². The fourth-order valence-corrected chi connectivity index (χ4v) is 3.61. The maximum atomic E-state index is 12.4. The number of piperidine rings is 1. The van der Waals surface area contributed by atoms with Crippen molar-refractivity contribution in [1.82, 2.24) is 10.2 Å². The van der Waals surface area contributed by atoms with Crippen LogP contribution in [0.25, 0.3) is 0 Å². The Labute approximate surface area is 148 Å². The molecule has 1 aromatic carbocycles. The summed E-state index contributed by atoms with van der Waals surface area (Å²) in [7, 11) is 0. The second kappa shape index (κ2) is 8.34. The molecule has 2 atom stereocenters. The topological polar surface area (TPSA) is 52.6 Å². The van der Waals surface area contributed by atoms with Gasteiger partial charge in [0, 0.05) is 18.1 Å². The Morgan fingerprint density at radius 3 is 2.43 bits per heavy atom. The third-order valence-electron chi connectivity index (χ3n) is 4.87. The highest BCUT2D eigenvalue weighted by Crippen LogP contribution is 2.31. The standard InChI is InChI=1S/C17H23ClN2O2.ClH/c18-14-5-3-12(4-6-14)16(21)13-7-10-20(11-8-13)17(22)15-2-1-9-19-15;/h3-6,13,15-16,19,21H,1-2,7-11H2;1H/t15-,16?;/m0./s1. The van der Waals surface area contributed by atoms with E-state index in [2.05, 4.69) is 5.32 Å². The van der Waals surface area contributed by atoms with E-state index >= 15 is 0 Å². The first-order chi connectivity index (χ1) is 10.6. The maximum absolute atomic E-state index is 12.4. The molecule has 2 aliphatic heterocycles. The van der Waals surface area contributed by atoms with Crippen LogP contribution in [0, 0.1) is 5.92 Å². The number of rotatable bonds is 3. The van der Waals surface area contributed by atoms with Crippen molar-refractivity contribution in [3.8, 4) is 0 Å². The van der Waals surface area contributed by atoms with E-state index in [4.69, 9.17) is 11.6 Å². The monoisotopic (exact) mass is 358 g/mol. The number of carbonyl (C=O) groups excluding carboxylic acids is 1. The van der Waals surface area contributed by atoms with Gasteiger partial charge in [-0.15, -0.1) is 12.4 Å². The van der Waals surface area contributed by atoms with Gasteiger partial charge in [0.1, 0.15) is 0 Å². The van der Waals surface area contributed by atoms with Gasteiger partial charge in [-0.3, -0.25) is 4.79 Å². The van der Waals surface area contributed by atoms with Crippen molar-refractivity contribution >= 4 is 29.9 Å². The highest BCUT2D eigenvalue weighted by molar-refractivity contribution is 6.30. The van der Waals surface area contributed by atoms with Gasteiger partial charge in [-0.05, 0) is 55.8 Å². The van der Waals surface area contributed by atoms with Gasteiger partial charge in [0.05, 0.1) is 12.1 Å². The zero-order valence-electron chi connectivity index (χ0n) is 13.1. The van der Waals surface area contributed by atoms with Gasteiger partial charge < -0.3 is 15.3 Å². The number of likely N-dealkylation sites (tertiary alicyclic amines) is 1. The Balaban J connectivity index is 0.00000192. The number of hydrogen-bond donors (Lipinski definition) is 2. The summed E-state index contributed by atoms with van der Waals surface area (Å²) in [5.41, 5.74) is 0.909. The highest BCUT2D eigenvalue weighted by atomic mass is 35.5. The van der Waals surface area contributed by atoms with Crippen molar-refractivity contribution in [2.24, 2.45) is 5.92 Å². The first kappa shape index (κ1) is 18.5. The first-order valence-corrected chi connectivity index (χ1v) is 8.48. The minimum absolute atomic E-state index is 0. The van der Waals surface area contributed by atoms with Gasteiger partial charge in [0.25, 0.3) is 0 Å². The quantitative estimate of drug-likeness (QED) is 0.873. The number of nitrogens with zero attached hydrogens (tertiary/aromatic N) is 1. The number of hydrogen-bond acceptors (Lipinski definition) is 3. The van der Waals surface area contributed by atoms with E-state index in [9.17, 15) is 9.90 Å². The van der Waals surface area contributed by atoms with Gasteiger partial charge in [-0.25, -0.2) is 0 Å². The molecule has 2 heterocycles. The fraction of sp³-hybridized carbons (Fsp3) is 0.588. The van der Waals surface area contributed by atoms with E-state index in [1.807, 2.05) is 29.2 Å². The number of aliphatic hydroxyl groups excluding tert-OH is 1. The van der Waals surface area contributed by atoms with Gasteiger partial charge in [-0.2, -0.15) is 0 Å². The lowest BCUT2D eigenvalue weighted by Crippen LogP contribution is -2.47. The molecule has 2 saturated heterocycles. The van der Waals surface area contributed by atoms with E-state index in [1.54, 1.807) is 0 Å². The zero-order valence-corrected chi connectivity index (χ0v) is 14.7. The molecular formula is C17H24Cl2N2O2. The highest BCUT2D eigenvalue weighted by Gasteiger charge is 2.32. The van der Waals surface area contributed by atoms with Crippen LogP contribution < -0.4 is 5.32 Å². The Morgan fingerprint density at radius 2 is 1.87 bits per heavy atom. The molecule has 23 heavy (non-hydrogen) atoms. The summed E-state index contributed by atoms with van der Waals surface area (Å²) in [6, 6.07) is 7.40. The molecule has 2 aliphatic rings. The lowest BCUT2D eigenvalue weighted by molar-refractivity contribution is -0.135. The molecule has 1 amide bonds. The van der Waals surface area contributed by atoms with Crippen LogP contribution in [0.3, 0.4) is 0 Å². The summed E-state index contributed by atoms with van der Waals surface area (Å²) in [4.78, 5) is 14.3. The Morgan fingerprint density at radius 1 is 1.22 bits per heavy atom. The smallest absolute Gasteiger partial charge is 0.239 e. The van der Waals surface area contributed by atoms with Crippen molar-refractivity contribution in [1.29, 1.82) is 0 Å². The molecule has 0 radical (unpaired) electrons.